The van der Waals surface area contributed by atoms with Gasteiger partial charge in [0.15, 0.2) is 0 Å². The van der Waals surface area contributed by atoms with Crippen molar-refractivity contribution in [2.24, 2.45) is 7.05 Å². The van der Waals surface area contributed by atoms with Gasteiger partial charge in [-0.05, 0) is 25.1 Å². The predicted octanol–water partition coefficient (Wildman–Crippen LogP) is 2.94. The number of imidazole rings is 1. The highest BCUT2D eigenvalue weighted by atomic mass is 19.4. The summed E-state index contributed by atoms with van der Waals surface area (Å²) in [7, 11) is 3.63. The molecule has 108 valence electrons. The summed E-state index contributed by atoms with van der Waals surface area (Å²) in [4.78, 5) is 4.23. The monoisotopic (exact) mass is 283 g/mol. The zero-order valence-corrected chi connectivity index (χ0v) is 11.3. The van der Waals surface area contributed by atoms with Gasteiger partial charge in [0.05, 0.1) is 11.6 Å². The SMILES string of the molecule is CNC(Cc1cccc(C(F)(F)F)c1)c1nccn1C. The number of rotatable bonds is 4. The molecular weight excluding hydrogens is 267 g/mol. The molecule has 2 aromatic rings. The van der Waals surface area contributed by atoms with Crippen molar-refractivity contribution in [3.05, 3.63) is 53.6 Å². The molecule has 0 amide bonds. The number of aromatic nitrogens is 2. The number of likely N-dealkylation sites (N-methyl/N-ethyl adjacent to an activating group) is 1. The van der Waals surface area contributed by atoms with Crippen LogP contribution in [0.4, 0.5) is 13.2 Å². The normalized spacial score (nSPS) is 13.4. The highest BCUT2D eigenvalue weighted by molar-refractivity contribution is 5.27. The quantitative estimate of drug-likeness (QED) is 0.935. The standard InChI is InChI=1S/C14H16F3N3/c1-18-12(13-19-6-7-20(13)2)9-10-4-3-5-11(8-10)14(15,16)17/h3-8,12,18H,9H2,1-2H3. The van der Waals surface area contributed by atoms with Gasteiger partial charge >= 0.3 is 6.18 Å². The molecule has 1 unspecified atom stereocenters. The van der Waals surface area contributed by atoms with E-state index in [-0.39, 0.29) is 6.04 Å². The third-order valence-corrected chi connectivity index (χ3v) is 3.21. The zero-order valence-electron chi connectivity index (χ0n) is 11.3. The molecule has 0 saturated carbocycles. The van der Waals surface area contributed by atoms with E-state index in [1.807, 2.05) is 17.8 Å². The van der Waals surface area contributed by atoms with E-state index >= 15 is 0 Å². The van der Waals surface area contributed by atoms with Crippen molar-refractivity contribution in [1.29, 1.82) is 0 Å². The first-order valence-corrected chi connectivity index (χ1v) is 6.22. The number of aryl methyl sites for hydroxylation is 1. The van der Waals surface area contributed by atoms with Gasteiger partial charge in [0.25, 0.3) is 0 Å². The van der Waals surface area contributed by atoms with E-state index in [0.29, 0.717) is 12.0 Å². The van der Waals surface area contributed by atoms with Crippen molar-refractivity contribution in [3.63, 3.8) is 0 Å². The molecule has 0 bridgehead atoms. The summed E-state index contributed by atoms with van der Waals surface area (Å²) in [6, 6.07) is 5.27. The van der Waals surface area contributed by atoms with Crippen LogP contribution < -0.4 is 5.32 Å². The maximum absolute atomic E-state index is 12.7. The Balaban J connectivity index is 2.23. The smallest absolute Gasteiger partial charge is 0.337 e. The van der Waals surface area contributed by atoms with Crippen molar-refractivity contribution >= 4 is 0 Å². The third-order valence-electron chi connectivity index (χ3n) is 3.21. The molecule has 6 heteroatoms. The predicted molar refractivity (Wildman–Crippen MR) is 70.2 cm³/mol. The van der Waals surface area contributed by atoms with Gasteiger partial charge in [-0.25, -0.2) is 4.98 Å². The number of nitrogens with zero attached hydrogens (tertiary/aromatic N) is 2. The van der Waals surface area contributed by atoms with Crippen LogP contribution >= 0.6 is 0 Å². The van der Waals surface area contributed by atoms with Gasteiger partial charge in [0, 0.05) is 19.4 Å². The Bertz CT molecular complexity index is 575. The molecule has 0 aliphatic carbocycles. The van der Waals surface area contributed by atoms with E-state index in [1.54, 1.807) is 19.3 Å². The summed E-state index contributed by atoms with van der Waals surface area (Å²) in [6.45, 7) is 0. The number of hydrogen-bond acceptors (Lipinski definition) is 2. The minimum absolute atomic E-state index is 0.126. The Morgan fingerprint density at radius 1 is 1.35 bits per heavy atom. The number of halogens is 3. The van der Waals surface area contributed by atoms with Gasteiger partial charge in [0.1, 0.15) is 5.82 Å². The second-order valence-corrected chi connectivity index (χ2v) is 4.64. The first-order chi connectivity index (χ1) is 9.41. The number of alkyl halides is 3. The van der Waals surface area contributed by atoms with E-state index in [2.05, 4.69) is 10.3 Å². The highest BCUT2D eigenvalue weighted by Gasteiger charge is 2.30. The Morgan fingerprint density at radius 3 is 2.65 bits per heavy atom. The van der Waals surface area contributed by atoms with Crippen LogP contribution in [-0.4, -0.2) is 16.6 Å². The first kappa shape index (κ1) is 14.6. The molecule has 1 aromatic heterocycles. The van der Waals surface area contributed by atoms with Crippen molar-refractivity contribution in [2.75, 3.05) is 7.05 Å². The van der Waals surface area contributed by atoms with Crippen LogP contribution in [0.5, 0.6) is 0 Å². The van der Waals surface area contributed by atoms with Gasteiger partial charge in [-0.1, -0.05) is 18.2 Å². The van der Waals surface area contributed by atoms with Crippen molar-refractivity contribution in [3.8, 4) is 0 Å². The lowest BCUT2D eigenvalue weighted by Gasteiger charge is -2.17. The van der Waals surface area contributed by atoms with Crippen LogP contribution in [0.25, 0.3) is 0 Å². The van der Waals surface area contributed by atoms with Crippen LogP contribution in [-0.2, 0) is 19.6 Å². The van der Waals surface area contributed by atoms with Crippen molar-refractivity contribution in [1.82, 2.24) is 14.9 Å². The van der Waals surface area contributed by atoms with Gasteiger partial charge < -0.3 is 9.88 Å². The molecule has 0 aliphatic rings. The van der Waals surface area contributed by atoms with Crippen LogP contribution in [0, 0.1) is 0 Å². The second-order valence-electron chi connectivity index (χ2n) is 4.64. The lowest BCUT2D eigenvalue weighted by molar-refractivity contribution is -0.137. The lowest BCUT2D eigenvalue weighted by Crippen LogP contribution is -2.22. The topological polar surface area (TPSA) is 29.9 Å². The molecule has 20 heavy (non-hydrogen) atoms. The highest BCUT2D eigenvalue weighted by Crippen LogP contribution is 2.30. The molecule has 1 N–H and O–H groups in total. The van der Waals surface area contributed by atoms with E-state index in [4.69, 9.17) is 0 Å². The average molecular weight is 283 g/mol. The molecule has 0 spiro atoms. The number of benzene rings is 1. The maximum Gasteiger partial charge on any atom is 0.416 e. The Labute approximate surface area is 115 Å². The van der Waals surface area contributed by atoms with Gasteiger partial charge in [-0.3, -0.25) is 0 Å². The lowest BCUT2D eigenvalue weighted by atomic mass is 10.0. The minimum atomic E-state index is -4.31. The summed E-state index contributed by atoms with van der Waals surface area (Å²) < 4.78 is 39.9. The van der Waals surface area contributed by atoms with E-state index in [9.17, 15) is 13.2 Å². The molecule has 0 saturated heterocycles. The van der Waals surface area contributed by atoms with Crippen LogP contribution in [0.1, 0.15) is 23.0 Å². The first-order valence-electron chi connectivity index (χ1n) is 6.22. The van der Waals surface area contributed by atoms with Crippen molar-refractivity contribution < 1.29 is 13.2 Å². The fourth-order valence-electron chi connectivity index (χ4n) is 2.15. The van der Waals surface area contributed by atoms with E-state index in [1.165, 1.54) is 12.1 Å². The summed E-state index contributed by atoms with van der Waals surface area (Å²) in [5, 5.41) is 3.09. The zero-order chi connectivity index (χ0) is 14.8. The Morgan fingerprint density at radius 2 is 2.10 bits per heavy atom. The Kier molecular flexibility index (Phi) is 4.13. The fourth-order valence-corrected chi connectivity index (χ4v) is 2.15. The number of hydrogen-bond donors (Lipinski definition) is 1. The molecule has 0 aliphatic heterocycles. The third kappa shape index (κ3) is 3.19. The maximum atomic E-state index is 12.7. The summed E-state index contributed by atoms with van der Waals surface area (Å²) in [6.07, 6.45) is -0.378. The molecular formula is C14H16F3N3. The summed E-state index contributed by atoms with van der Waals surface area (Å²) in [5.74, 6) is 0.796. The van der Waals surface area contributed by atoms with E-state index < -0.39 is 11.7 Å². The van der Waals surface area contributed by atoms with Gasteiger partial charge in [0.2, 0.25) is 0 Å². The molecule has 1 atom stereocenters. The fraction of sp³-hybridized carbons (Fsp3) is 0.357. The van der Waals surface area contributed by atoms with Crippen LogP contribution in [0.3, 0.4) is 0 Å². The molecule has 3 nitrogen and oxygen atoms in total. The average Bonchev–Trinajstić information content (AvgIpc) is 2.81. The molecule has 0 fully saturated rings. The van der Waals surface area contributed by atoms with Crippen molar-refractivity contribution in [2.45, 2.75) is 18.6 Å². The molecule has 0 radical (unpaired) electrons. The second kappa shape index (κ2) is 5.66. The van der Waals surface area contributed by atoms with E-state index in [0.717, 1.165) is 11.9 Å². The minimum Gasteiger partial charge on any atom is -0.337 e. The Hall–Kier alpha value is -1.82. The van der Waals surface area contributed by atoms with Gasteiger partial charge in [-0.15, -0.1) is 0 Å². The summed E-state index contributed by atoms with van der Waals surface area (Å²) >= 11 is 0. The molecule has 2 rings (SSSR count). The molecule has 1 heterocycles. The molecule has 1 aromatic carbocycles. The van der Waals surface area contributed by atoms with Gasteiger partial charge in [-0.2, -0.15) is 13.2 Å². The van der Waals surface area contributed by atoms with Crippen LogP contribution in [0.2, 0.25) is 0 Å². The number of nitrogens with one attached hydrogen (secondary N) is 1. The summed E-state index contributed by atoms with van der Waals surface area (Å²) in [5.41, 5.74) is 0.00636. The largest absolute Gasteiger partial charge is 0.416 e. The van der Waals surface area contributed by atoms with Crippen LogP contribution in [0.15, 0.2) is 36.7 Å².